The number of aliphatic imine (C=N–C) groups is 1. The molecule has 1 aromatic heterocycles. The highest BCUT2D eigenvalue weighted by Gasteiger charge is 2.22. The largest absolute Gasteiger partial charge is 0.403 e. The predicted octanol–water partition coefficient (Wildman–Crippen LogP) is 4.12. The van der Waals surface area contributed by atoms with Gasteiger partial charge in [-0.3, -0.25) is 4.99 Å². The maximum Gasteiger partial charge on any atom is 0.0575 e. The monoisotopic (exact) mass is 356 g/mol. The standard InChI is InChI=1S/C20H25ClN4/c1-14(2)12-23-16(11-22)6-9-25-19-5-4-15(21)10-17(19)18-13-24(3)8-7-20(18)25/h4-5,10-12H,1,6-9,13,22H2,2-3H3/b16-11-,23-12?. The third-order valence-corrected chi connectivity index (χ3v) is 4.88. The highest BCUT2D eigenvalue weighted by molar-refractivity contribution is 6.31. The minimum Gasteiger partial charge on any atom is -0.403 e. The molecule has 2 heterocycles. The Morgan fingerprint density at radius 1 is 1.44 bits per heavy atom. The fraction of sp³-hybridized carbons (Fsp3) is 0.350. The molecule has 5 heteroatoms. The van der Waals surface area contributed by atoms with E-state index in [4.69, 9.17) is 17.3 Å². The summed E-state index contributed by atoms with van der Waals surface area (Å²) >= 11 is 6.25. The van der Waals surface area contributed by atoms with Crippen LogP contribution >= 0.6 is 11.6 Å². The SMILES string of the molecule is C=C(C)C=N/C(=C\N)CCn1c2c(c3cc(Cl)ccc31)CN(C)CC2. The Bertz CT molecular complexity index is 860. The molecule has 132 valence electrons. The molecular formula is C20H25ClN4. The fourth-order valence-electron chi connectivity index (χ4n) is 3.42. The number of nitrogens with zero attached hydrogens (tertiary/aromatic N) is 3. The van der Waals surface area contributed by atoms with Crippen molar-refractivity contribution >= 4 is 28.7 Å². The Morgan fingerprint density at radius 3 is 2.96 bits per heavy atom. The Balaban J connectivity index is 1.95. The van der Waals surface area contributed by atoms with Gasteiger partial charge in [0.1, 0.15) is 0 Å². The van der Waals surface area contributed by atoms with E-state index in [9.17, 15) is 0 Å². The maximum absolute atomic E-state index is 6.25. The minimum atomic E-state index is 0.786. The van der Waals surface area contributed by atoms with Crippen LogP contribution in [0.2, 0.25) is 5.02 Å². The molecule has 0 saturated carbocycles. The Labute approximate surface area is 154 Å². The first-order valence-corrected chi connectivity index (χ1v) is 8.95. The zero-order chi connectivity index (χ0) is 18.0. The van der Waals surface area contributed by atoms with Crippen LogP contribution in [0.5, 0.6) is 0 Å². The molecule has 2 N–H and O–H groups in total. The summed E-state index contributed by atoms with van der Waals surface area (Å²) in [7, 11) is 2.16. The van der Waals surface area contributed by atoms with E-state index >= 15 is 0 Å². The van der Waals surface area contributed by atoms with E-state index < -0.39 is 0 Å². The average molecular weight is 357 g/mol. The van der Waals surface area contributed by atoms with E-state index in [0.717, 1.165) is 48.8 Å². The molecule has 3 rings (SSSR count). The van der Waals surface area contributed by atoms with Gasteiger partial charge in [0.15, 0.2) is 0 Å². The summed E-state index contributed by atoms with van der Waals surface area (Å²) in [5.74, 6) is 0. The molecule has 0 unspecified atom stereocenters. The van der Waals surface area contributed by atoms with Gasteiger partial charge in [-0.25, -0.2) is 0 Å². The molecule has 1 aromatic carbocycles. The maximum atomic E-state index is 6.25. The summed E-state index contributed by atoms with van der Waals surface area (Å²) in [6.07, 6.45) is 5.18. The second-order valence-corrected chi connectivity index (χ2v) is 7.18. The number of halogens is 1. The van der Waals surface area contributed by atoms with Gasteiger partial charge in [0.05, 0.1) is 5.70 Å². The number of hydrogen-bond acceptors (Lipinski definition) is 3. The van der Waals surface area contributed by atoms with Gasteiger partial charge in [0.25, 0.3) is 0 Å². The van der Waals surface area contributed by atoms with Gasteiger partial charge in [-0.15, -0.1) is 0 Å². The van der Waals surface area contributed by atoms with Gasteiger partial charge >= 0.3 is 0 Å². The lowest BCUT2D eigenvalue weighted by Gasteiger charge is -2.24. The van der Waals surface area contributed by atoms with Crippen molar-refractivity contribution in [3.05, 3.63) is 58.5 Å². The first-order valence-electron chi connectivity index (χ1n) is 8.58. The number of aryl methyl sites for hydroxylation is 1. The average Bonchev–Trinajstić information content (AvgIpc) is 2.87. The molecule has 0 fully saturated rings. The zero-order valence-corrected chi connectivity index (χ0v) is 15.7. The summed E-state index contributed by atoms with van der Waals surface area (Å²) in [6, 6.07) is 6.18. The first kappa shape index (κ1) is 17.8. The van der Waals surface area contributed by atoms with Crippen molar-refractivity contribution in [2.75, 3.05) is 13.6 Å². The second kappa shape index (κ2) is 7.46. The van der Waals surface area contributed by atoms with Crippen LogP contribution in [0, 0.1) is 0 Å². The van der Waals surface area contributed by atoms with Crippen molar-refractivity contribution in [1.82, 2.24) is 9.47 Å². The topological polar surface area (TPSA) is 46.5 Å². The highest BCUT2D eigenvalue weighted by Crippen LogP contribution is 2.32. The molecule has 4 nitrogen and oxygen atoms in total. The van der Waals surface area contributed by atoms with Gasteiger partial charge < -0.3 is 15.2 Å². The number of aromatic nitrogens is 1. The summed E-state index contributed by atoms with van der Waals surface area (Å²) < 4.78 is 2.41. The van der Waals surface area contributed by atoms with Crippen LogP contribution in [0.25, 0.3) is 10.9 Å². The Morgan fingerprint density at radius 2 is 2.24 bits per heavy atom. The van der Waals surface area contributed by atoms with Gasteiger partial charge in [-0.1, -0.05) is 18.2 Å². The molecule has 0 spiro atoms. The van der Waals surface area contributed by atoms with Crippen LogP contribution in [0.3, 0.4) is 0 Å². The van der Waals surface area contributed by atoms with Crippen molar-refractivity contribution in [1.29, 1.82) is 0 Å². The van der Waals surface area contributed by atoms with Gasteiger partial charge in [-0.05, 0) is 43.3 Å². The summed E-state index contributed by atoms with van der Waals surface area (Å²) in [5.41, 5.74) is 11.6. The van der Waals surface area contributed by atoms with Gasteiger partial charge in [-0.2, -0.15) is 0 Å². The van der Waals surface area contributed by atoms with E-state index in [0.29, 0.717) is 0 Å². The van der Waals surface area contributed by atoms with Crippen LogP contribution in [0.4, 0.5) is 0 Å². The van der Waals surface area contributed by atoms with Crippen molar-refractivity contribution in [2.24, 2.45) is 10.7 Å². The van der Waals surface area contributed by atoms with E-state index in [2.05, 4.69) is 40.2 Å². The number of fused-ring (bicyclic) bond motifs is 3. The summed E-state index contributed by atoms with van der Waals surface area (Å²) in [6.45, 7) is 8.66. The molecule has 0 amide bonds. The number of nitrogens with two attached hydrogens (primary N) is 1. The lowest BCUT2D eigenvalue weighted by Crippen LogP contribution is -2.27. The van der Waals surface area contributed by atoms with Crippen molar-refractivity contribution in [2.45, 2.75) is 32.9 Å². The Hall–Kier alpha value is -2.04. The molecule has 1 aliphatic heterocycles. The number of likely N-dealkylation sites (N-methyl/N-ethyl adjacent to an activating group) is 1. The van der Waals surface area contributed by atoms with Crippen LogP contribution < -0.4 is 5.73 Å². The summed E-state index contributed by atoms with van der Waals surface area (Å²) in [4.78, 5) is 6.78. The molecular weight excluding hydrogens is 332 g/mol. The normalized spacial score (nSPS) is 15.9. The number of hydrogen-bond donors (Lipinski definition) is 1. The molecule has 0 atom stereocenters. The highest BCUT2D eigenvalue weighted by atomic mass is 35.5. The second-order valence-electron chi connectivity index (χ2n) is 6.74. The van der Waals surface area contributed by atoms with Gasteiger partial charge in [0, 0.05) is 66.5 Å². The molecule has 0 bridgehead atoms. The van der Waals surface area contributed by atoms with Gasteiger partial charge in [0.2, 0.25) is 0 Å². The van der Waals surface area contributed by atoms with Crippen molar-refractivity contribution in [3.63, 3.8) is 0 Å². The lowest BCUT2D eigenvalue weighted by atomic mass is 10.1. The smallest absolute Gasteiger partial charge is 0.0575 e. The molecule has 0 radical (unpaired) electrons. The minimum absolute atomic E-state index is 0.786. The molecule has 0 aliphatic carbocycles. The quantitative estimate of drug-likeness (QED) is 0.819. The van der Waals surface area contributed by atoms with Crippen LogP contribution in [0.1, 0.15) is 24.6 Å². The molecule has 25 heavy (non-hydrogen) atoms. The van der Waals surface area contributed by atoms with E-state index in [-0.39, 0.29) is 0 Å². The first-order chi connectivity index (χ1) is 12.0. The summed E-state index contributed by atoms with van der Waals surface area (Å²) in [5, 5.41) is 2.05. The van der Waals surface area contributed by atoms with E-state index in [1.807, 2.05) is 13.0 Å². The lowest BCUT2D eigenvalue weighted by molar-refractivity contribution is 0.309. The Kier molecular flexibility index (Phi) is 5.30. The van der Waals surface area contributed by atoms with E-state index in [1.165, 1.54) is 22.2 Å². The number of allylic oxidation sites excluding steroid dienone is 2. The fourth-order valence-corrected chi connectivity index (χ4v) is 3.60. The van der Waals surface area contributed by atoms with Crippen LogP contribution in [0.15, 0.2) is 47.2 Å². The van der Waals surface area contributed by atoms with Crippen molar-refractivity contribution in [3.8, 4) is 0 Å². The van der Waals surface area contributed by atoms with Crippen LogP contribution in [-0.4, -0.2) is 29.3 Å². The number of benzene rings is 1. The predicted molar refractivity (Wildman–Crippen MR) is 107 cm³/mol. The van der Waals surface area contributed by atoms with Crippen molar-refractivity contribution < 1.29 is 0 Å². The molecule has 1 aliphatic rings. The molecule has 0 saturated heterocycles. The van der Waals surface area contributed by atoms with E-state index in [1.54, 1.807) is 12.4 Å². The van der Waals surface area contributed by atoms with Crippen LogP contribution in [-0.2, 0) is 19.5 Å². The third-order valence-electron chi connectivity index (χ3n) is 4.64. The molecule has 2 aromatic rings. The third kappa shape index (κ3) is 3.80. The zero-order valence-electron chi connectivity index (χ0n) is 14.9. The number of rotatable bonds is 5.